The highest BCUT2D eigenvalue weighted by molar-refractivity contribution is 5.48. The van der Waals surface area contributed by atoms with Crippen molar-refractivity contribution < 1.29 is 5.11 Å². The Bertz CT molecular complexity index is 526. The lowest BCUT2D eigenvalue weighted by molar-refractivity contribution is 0.251. The lowest BCUT2D eigenvalue weighted by Crippen LogP contribution is -2.29. The standard InChI is InChI=1S/C13H17N3O/c1-15-6-4-10(5-7-15)13-14-8-11-2-3-12(17)9-16(11)13/h2-3,8-10,17H,4-7H2,1H3. The first-order valence-corrected chi connectivity index (χ1v) is 6.08. The molecule has 0 unspecified atom stereocenters. The first kappa shape index (κ1) is 10.6. The molecule has 3 heterocycles. The van der Waals surface area contributed by atoms with Crippen LogP contribution in [-0.4, -0.2) is 39.5 Å². The van der Waals surface area contributed by atoms with Crippen molar-refractivity contribution in [2.45, 2.75) is 18.8 Å². The van der Waals surface area contributed by atoms with Gasteiger partial charge in [-0.25, -0.2) is 4.98 Å². The number of aromatic hydroxyl groups is 1. The molecule has 2 aromatic rings. The van der Waals surface area contributed by atoms with Crippen molar-refractivity contribution in [2.24, 2.45) is 0 Å². The van der Waals surface area contributed by atoms with Gasteiger partial charge in [0.2, 0.25) is 0 Å². The number of piperidine rings is 1. The predicted octanol–water partition coefficient (Wildman–Crippen LogP) is 1.85. The van der Waals surface area contributed by atoms with Gasteiger partial charge in [-0.05, 0) is 45.1 Å². The van der Waals surface area contributed by atoms with E-state index in [4.69, 9.17) is 0 Å². The summed E-state index contributed by atoms with van der Waals surface area (Å²) in [5, 5.41) is 9.56. The number of pyridine rings is 1. The molecule has 0 atom stereocenters. The summed E-state index contributed by atoms with van der Waals surface area (Å²) in [4.78, 5) is 6.87. The summed E-state index contributed by atoms with van der Waals surface area (Å²) in [6.07, 6.45) is 5.93. The largest absolute Gasteiger partial charge is 0.506 e. The third kappa shape index (κ3) is 1.89. The maximum atomic E-state index is 9.56. The zero-order valence-electron chi connectivity index (χ0n) is 10.0. The first-order valence-electron chi connectivity index (χ1n) is 6.08. The zero-order valence-corrected chi connectivity index (χ0v) is 10.0. The Morgan fingerprint density at radius 2 is 2.06 bits per heavy atom. The molecule has 1 aliphatic heterocycles. The topological polar surface area (TPSA) is 40.8 Å². The third-order valence-corrected chi connectivity index (χ3v) is 3.62. The van der Waals surface area contributed by atoms with Crippen LogP contribution in [0, 0.1) is 0 Å². The average molecular weight is 231 g/mol. The summed E-state index contributed by atoms with van der Waals surface area (Å²) in [5.74, 6) is 1.89. The molecule has 1 saturated heterocycles. The number of imidazole rings is 1. The average Bonchev–Trinajstić information content (AvgIpc) is 2.73. The highest BCUT2D eigenvalue weighted by Crippen LogP contribution is 2.27. The van der Waals surface area contributed by atoms with Crippen molar-refractivity contribution in [3.63, 3.8) is 0 Å². The van der Waals surface area contributed by atoms with Crippen molar-refractivity contribution in [3.8, 4) is 5.75 Å². The molecule has 1 aliphatic rings. The second-order valence-corrected chi connectivity index (χ2v) is 4.88. The van der Waals surface area contributed by atoms with Gasteiger partial charge < -0.3 is 10.0 Å². The third-order valence-electron chi connectivity index (χ3n) is 3.62. The number of hydrogen-bond acceptors (Lipinski definition) is 3. The van der Waals surface area contributed by atoms with Crippen molar-refractivity contribution in [1.82, 2.24) is 14.3 Å². The Labute approximate surface area is 101 Å². The van der Waals surface area contributed by atoms with Crippen LogP contribution < -0.4 is 0 Å². The number of likely N-dealkylation sites (tertiary alicyclic amines) is 1. The monoisotopic (exact) mass is 231 g/mol. The molecule has 0 saturated carbocycles. The Morgan fingerprint density at radius 3 is 2.82 bits per heavy atom. The predicted molar refractivity (Wildman–Crippen MR) is 66.3 cm³/mol. The van der Waals surface area contributed by atoms with Crippen molar-refractivity contribution >= 4 is 5.52 Å². The van der Waals surface area contributed by atoms with Gasteiger partial charge in [-0.1, -0.05) is 0 Å². The fourth-order valence-electron chi connectivity index (χ4n) is 2.57. The van der Waals surface area contributed by atoms with E-state index in [-0.39, 0.29) is 0 Å². The molecule has 1 N–H and O–H groups in total. The summed E-state index contributed by atoms with van der Waals surface area (Å²) in [6, 6.07) is 3.61. The molecule has 90 valence electrons. The number of rotatable bonds is 1. The Morgan fingerprint density at radius 1 is 1.29 bits per heavy atom. The van der Waals surface area contributed by atoms with Crippen LogP contribution in [0.15, 0.2) is 24.5 Å². The van der Waals surface area contributed by atoms with Crippen LogP contribution in [0.2, 0.25) is 0 Å². The molecular weight excluding hydrogens is 214 g/mol. The molecular formula is C13H17N3O. The summed E-state index contributed by atoms with van der Waals surface area (Å²) < 4.78 is 2.02. The fraction of sp³-hybridized carbons (Fsp3) is 0.462. The highest BCUT2D eigenvalue weighted by atomic mass is 16.3. The Balaban J connectivity index is 1.97. The van der Waals surface area contributed by atoms with Gasteiger partial charge in [-0.3, -0.25) is 4.40 Å². The van der Waals surface area contributed by atoms with Gasteiger partial charge in [0.05, 0.1) is 17.9 Å². The zero-order chi connectivity index (χ0) is 11.8. The van der Waals surface area contributed by atoms with E-state index < -0.39 is 0 Å². The molecule has 1 fully saturated rings. The van der Waals surface area contributed by atoms with E-state index >= 15 is 0 Å². The highest BCUT2D eigenvalue weighted by Gasteiger charge is 2.21. The quantitative estimate of drug-likeness (QED) is 0.814. The normalized spacial score (nSPS) is 18.9. The number of nitrogens with zero attached hydrogens (tertiary/aromatic N) is 3. The lowest BCUT2D eigenvalue weighted by Gasteiger charge is -2.28. The minimum Gasteiger partial charge on any atom is -0.506 e. The summed E-state index contributed by atoms with van der Waals surface area (Å²) in [6.45, 7) is 2.25. The van der Waals surface area contributed by atoms with E-state index in [9.17, 15) is 5.11 Å². The van der Waals surface area contributed by atoms with Crippen LogP contribution in [0.1, 0.15) is 24.6 Å². The van der Waals surface area contributed by atoms with E-state index in [2.05, 4.69) is 16.9 Å². The Kier molecular flexibility index (Phi) is 2.52. The van der Waals surface area contributed by atoms with Crippen LogP contribution in [0.4, 0.5) is 0 Å². The van der Waals surface area contributed by atoms with Gasteiger partial charge in [0.25, 0.3) is 0 Å². The number of aromatic nitrogens is 2. The van der Waals surface area contributed by atoms with Gasteiger partial charge in [-0.15, -0.1) is 0 Å². The van der Waals surface area contributed by atoms with Gasteiger partial charge in [0, 0.05) is 5.92 Å². The second kappa shape index (κ2) is 4.04. The molecule has 0 aliphatic carbocycles. The maximum Gasteiger partial charge on any atom is 0.132 e. The van der Waals surface area contributed by atoms with Crippen LogP contribution in [0.5, 0.6) is 5.75 Å². The second-order valence-electron chi connectivity index (χ2n) is 4.88. The molecule has 2 aromatic heterocycles. The van der Waals surface area contributed by atoms with Crippen molar-refractivity contribution in [3.05, 3.63) is 30.4 Å². The molecule has 0 radical (unpaired) electrons. The molecule has 0 spiro atoms. The van der Waals surface area contributed by atoms with E-state index in [0.717, 1.165) is 37.3 Å². The summed E-state index contributed by atoms with van der Waals surface area (Å²) in [5.41, 5.74) is 1.05. The minimum atomic E-state index is 0.296. The lowest BCUT2D eigenvalue weighted by atomic mass is 9.96. The van der Waals surface area contributed by atoms with Crippen LogP contribution in [0.3, 0.4) is 0 Å². The molecule has 17 heavy (non-hydrogen) atoms. The van der Waals surface area contributed by atoms with Gasteiger partial charge in [0.15, 0.2) is 0 Å². The van der Waals surface area contributed by atoms with Crippen LogP contribution in [0.25, 0.3) is 5.52 Å². The smallest absolute Gasteiger partial charge is 0.132 e. The molecule has 0 amide bonds. The Hall–Kier alpha value is -1.55. The summed E-state index contributed by atoms with van der Waals surface area (Å²) >= 11 is 0. The van der Waals surface area contributed by atoms with Crippen LogP contribution in [-0.2, 0) is 0 Å². The SMILES string of the molecule is CN1CCC(c2ncc3ccc(O)cn23)CC1. The summed E-state index contributed by atoms with van der Waals surface area (Å²) in [7, 11) is 2.16. The molecule has 0 bridgehead atoms. The van der Waals surface area contributed by atoms with Crippen molar-refractivity contribution in [1.29, 1.82) is 0 Å². The molecule has 0 aromatic carbocycles. The number of fused-ring (bicyclic) bond motifs is 1. The van der Waals surface area contributed by atoms with Crippen LogP contribution >= 0.6 is 0 Å². The first-order chi connectivity index (χ1) is 8.24. The van der Waals surface area contributed by atoms with E-state index in [0.29, 0.717) is 11.7 Å². The van der Waals surface area contributed by atoms with Gasteiger partial charge in [0.1, 0.15) is 11.6 Å². The van der Waals surface area contributed by atoms with Gasteiger partial charge >= 0.3 is 0 Å². The van der Waals surface area contributed by atoms with E-state index in [1.807, 2.05) is 16.7 Å². The maximum absolute atomic E-state index is 9.56. The fourth-order valence-corrected chi connectivity index (χ4v) is 2.57. The van der Waals surface area contributed by atoms with E-state index in [1.54, 1.807) is 12.3 Å². The van der Waals surface area contributed by atoms with E-state index in [1.165, 1.54) is 0 Å². The van der Waals surface area contributed by atoms with Gasteiger partial charge in [-0.2, -0.15) is 0 Å². The molecule has 4 heteroatoms. The molecule has 4 nitrogen and oxygen atoms in total. The minimum absolute atomic E-state index is 0.296. The van der Waals surface area contributed by atoms with Crippen molar-refractivity contribution in [2.75, 3.05) is 20.1 Å². The molecule has 3 rings (SSSR count). The number of hydrogen-bond donors (Lipinski definition) is 1.